The lowest BCUT2D eigenvalue weighted by Gasteiger charge is -2.29. The molecule has 0 aliphatic rings. The Balaban J connectivity index is 2.79. The fraction of sp³-hybridized carbons (Fsp3) is 0.625. The number of hydrogen-bond acceptors (Lipinski definition) is 2. The van der Waals surface area contributed by atoms with Gasteiger partial charge in [-0.2, -0.15) is 0 Å². The molecule has 2 heteroatoms. The first-order valence-corrected chi connectivity index (χ1v) is 7.17. The fourth-order valence-corrected chi connectivity index (χ4v) is 2.73. The van der Waals surface area contributed by atoms with Gasteiger partial charge in [0.1, 0.15) is 0 Å². The standard InChI is InChI=1S/C16H27NO/c1-3-8-14(9-4-2)16(18)15(12-17)13-10-6-5-7-11-13/h5-7,10-11,14-16,18H,3-4,8-9,12,17H2,1-2H3. The monoisotopic (exact) mass is 249 g/mol. The first-order valence-electron chi connectivity index (χ1n) is 7.17. The van der Waals surface area contributed by atoms with E-state index >= 15 is 0 Å². The molecule has 0 saturated heterocycles. The van der Waals surface area contributed by atoms with Crippen molar-refractivity contribution in [3.05, 3.63) is 35.9 Å². The molecule has 0 bridgehead atoms. The van der Waals surface area contributed by atoms with Crippen LogP contribution in [-0.2, 0) is 0 Å². The summed E-state index contributed by atoms with van der Waals surface area (Å²) in [7, 11) is 0. The zero-order valence-electron chi connectivity index (χ0n) is 11.7. The van der Waals surface area contributed by atoms with Crippen LogP contribution in [0.2, 0.25) is 0 Å². The second-order valence-electron chi connectivity index (χ2n) is 5.08. The molecule has 0 saturated carbocycles. The third-order valence-corrected chi connectivity index (χ3v) is 3.70. The summed E-state index contributed by atoms with van der Waals surface area (Å²) in [6.45, 7) is 4.86. The molecule has 102 valence electrons. The van der Waals surface area contributed by atoms with Crippen LogP contribution in [0.5, 0.6) is 0 Å². The summed E-state index contributed by atoms with van der Waals surface area (Å²) in [5, 5.41) is 10.6. The maximum atomic E-state index is 10.6. The molecule has 1 aromatic rings. The number of rotatable bonds is 8. The Bertz CT molecular complexity index is 306. The van der Waals surface area contributed by atoms with Crippen LogP contribution in [-0.4, -0.2) is 17.8 Å². The summed E-state index contributed by atoms with van der Waals surface area (Å²) in [5.74, 6) is 0.433. The van der Waals surface area contributed by atoms with Crippen molar-refractivity contribution in [3.63, 3.8) is 0 Å². The van der Waals surface area contributed by atoms with Gasteiger partial charge in [0.25, 0.3) is 0 Å². The molecule has 3 N–H and O–H groups in total. The molecule has 1 rings (SSSR count). The number of nitrogens with two attached hydrogens (primary N) is 1. The Morgan fingerprint density at radius 1 is 1.06 bits per heavy atom. The van der Waals surface area contributed by atoms with Crippen LogP contribution in [0, 0.1) is 5.92 Å². The number of benzene rings is 1. The number of hydrogen-bond donors (Lipinski definition) is 2. The highest BCUT2D eigenvalue weighted by Crippen LogP contribution is 2.28. The van der Waals surface area contributed by atoms with Gasteiger partial charge in [0, 0.05) is 12.5 Å². The molecule has 2 atom stereocenters. The van der Waals surface area contributed by atoms with E-state index in [2.05, 4.69) is 26.0 Å². The van der Waals surface area contributed by atoms with Crippen LogP contribution in [0.3, 0.4) is 0 Å². The van der Waals surface area contributed by atoms with Crippen molar-refractivity contribution < 1.29 is 5.11 Å². The van der Waals surface area contributed by atoms with Gasteiger partial charge in [-0.3, -0.25) is 0 Å². The minimum atomic E-state index is -0.322. The lowest BCUT2D eigenvalue weighted by Crippen LogP contribution is -2.32. The molecule has 18 heavy (non-hydrogen) atoms. The van der Waals surface area contributed by atoms with Crippen molar-refractivity contribution in [2.45, 2.75) is 51.6 Å². The molecular weight excluding hydrogens is 222 g/mol. The van der Waals surface area contributed by atoms with Gasteiger partial charge in [-0.05, 0) is 24.3 Å². The maximum absolute atomic E-state index is 10.6. The van der Waals surface area contributed by atoms with Crippen molar-refractivity contribution >= 4 is 0 Å². The van der Waals surface area contributed by atoms with Gasteiger partial charge < -0.3 is 10.8 Å². The molecule has 0 amide bonds. The highest BCUT2D eigenvalue weighted by Gasteiger charge is 2.26. The van der Waals surface area contributed by atoms with Crippen molar-refractivity contribution in [3.8, 4) is 0 Å². The summed E-state index contributed by atoms with van der Waals surface area (Å²) < 4.78 is 0. The van der Waals surface area contributed by atoms with Gasteiger partial charge in [-0.25, -0.2) is 0 Å². The molecule has 0 aliphatic carbocycles. The molecule has 0 heterocycles. The first-order chi connectivity index (χ1) is 8.74. The van der Waals surface area contributed by atoms with Crippen molar-refractivity contribution in [2.24, 2.45) is 11.7 Å². The Morgan fingerprint density at radius 2 is 1.61 bits per heavy atom. The first kappa shape index (κ1) is 15.2. The summed E-state index contributed by atoms with van der Waals surface area (Å²) in [5.41, 5.74) is 7.03. The van der Waals surface area contributed by atoms with Crippen LogP contribution in [0.4, 0.5) is 0 Å². The molecule has 1 aromatic carbocycles. The molecule has 0 aliphatic heterocycles. The molecule has 2 unspecified atom stereocenters. The third-order valence-electron chi connectivity index (χ3n) is 3.70. The van der Waals surface area contributed by atoms with Gasteiger partial charge in [0.05, 0.1) is 6.10 Å². The molecule has 0 fully saturated rings. The van der Waals surface area contributed by atoms with E-state index in [-0.39, 0.29) is 12.0 Å². The van der Waals surface area contributed by atoms with Gasteiger partial charge >= 0.3 is 0 Å². The van der Waals surface area contributed by atoms with Crippen LogP contribution >= 0.6 is 0 Å². The summed E-state index contributed by atoms with van der Waals surface area (Å²) in [6, 6.07) is 10.2. The lowest BCUT2D eigenvalue weighted by atomic mass is 9.81. The molecule has 2 nitrogen and oxygen atoms in total. The van der Waals surface area contributed by atoms with E-state index in [1.54, 1.807) is 0 Å². The Labute approximate surface area is 111 Å². The minimum absolute atomic E-state index is 0.0642. The normalized spacial score (nSPS) is 14.7. The topological polar surface area (TPSA) is 46.2 Å². The van der Waals surface area contributed by atoms with E-state index in [1.165, 1.54) is 0 Å². The predicted octanol–water partition coefficient (Wildman–Crippen LogP) is 3.31. The van der Waals surface area contributed by atoms with Crippen molar-refractivity contribution in [1.82, 2.24) is 0 Å². The van der Waals surface area contributed by atoms with Crippen LogP contribution in [0.25, 0.3) is 0 Å². The van der Waals surface area contributed by atoms with Crippen LogP contribution in [0.15, 0.2) is 30.3 Å². The zero-order chi connectivity index (χ0) is 13.4. The molecule has 0 aromatic heterocycles. The Kier molecular flexibility index (Phi) is 6.99. The van der Waals surface area contributed by atoms with Crippen molar-refractivity contribution in [2.75, 3.05) is 6.54 Å². The molecular formula is C16H27NO. The smallest absolute Gasteiger partial charge is 0.0648 e. The Morgan fingerprint density at radius 3 is 2.06 bits per heavy atom. The van der Waals surface area contributed by atoms with E-state index in [4.69, 9.17) is 5.73 Å². The molecule has 0 radical (unpaired) electrons. The summed E-state index contributed by atoms with van der Waals surface area (Å²) >= 11 is 0. The second-order valence-corrected chi connectivity index (χ2v) is 5.08. The zero-order valence-corrected chi connectivity index (χ0v) is 11.7. The SMILES string of the molecule is CCCC(CCC)C(O)C(CN)c1ccccc1. The minimum Gasteiger partial charge on any atom is -0.392 e. The van der Waals surface area contributed by atoms with Crippen LogP contribution in [0.1, 0.15) is 51.0 Å². The van der Waals surface area contributed by atoms with E-state index in [9.17, 15) is 5.11 Å². The van der Waals surface area contributed by atoms with Gasteiger partial charge in [0.2, 0.25) is 0 Å². The van der Waals surface area contributed by atoms with E-state index in [1.807, 2.05) is 18.2 Å². The van der Waals surface area contributed by atoms with Crippen LogP contribution < -0.4 is 5.73 Å². The average molecular weight is 249 g/mol. The van der Waals surface area contributed by atoms with Gasteiger partial charge in [-0.1, -0.05) is 57.0 Å². The third kappa shape index (κ3) is 4.11. The van der Waals surface area contributed by atoms with E-state index in [0.29, 0.717) is 12.5 Å². The number of aliphatic hydroxyl groups is 1. The lowest BCUT2D eigenvalue weighted by molar-refractivity contribution is 0.0722. The van der Waals surface area contributed by atoms with Crippen molar-refractivity contribution in [1.29, 1.82) is 0 Å². The average Bonchev–Trinajstić information content (AvgIpc) is 2.40. The predicted molar refractivity (Wildman–Crippen MR) is 77.6 cm³/mol. The maximum Gasteiger partial charge on any atom is 0.0648 e. The summed E-state index contributed by atoms with van der Waals surface area (Å²) in [4.78, 5) is 0. The fourth-order valence-electron chi connectivity index (χ4n) is 2.73. The van der Waals surface area contributed by atoms with E-state index in [0.717, 1.165) is 31.2 Å². The quantitative estimate of drug-likeness (QED) is 0.742. The number of aliphatic hydroxyl groups excluding tert-OH is 1. The molecule has 0 spiro atoms. The van der Waals surface area contributed by atoms with Gasteiger partial charge in [-0.15, -0.1) is 0 Å². The highest BCUT2D eigenvalue weighted by atomic mass is 16.3. The highest BCUT2D eigenvalue weighted by molar-refractivity contribution is 5.21. The summed E-state index contributed by atoms with van der Waals surface area (Å²) in [6.07, 6.45) is 4.08. The Hall–Kier alpha value is -0.860. The van der Waals surface area contributed by atoms with E-state index < -0.39 is 0 Å². The largest absolute Gasteiger partial charge is 0.392 e. The second kappa shape index (κ2) is 8.28. The van der Waals surface area contributed by atoms with Gasteiger partial charge in [0.15, 0.2) is 0 Å².